The van der Waals surface area contributed by atoms with Gasteiger partial charge in [0.25, 0.3) is 0 Å². The molecule has 0 saturated carbocycles. The lowest BCUT2D eigenvalue weighted by atomic mass is 10.0. The Balaban J connectivity index is 1.96. The van der Waals surface area contributed by atoms with Gasteiger partial charge in [0.1, 0.15) is 0 Å². The molecule has 1 saturated heterocycles. The Kier molecular flexibility index (Phi) is 6.68. The highest BCUT2D eigenvalue weighted by Crippen LogP contribution is 2.21. The highest BCUT2D eigenvalue weighted by atomic mass is 15.3. The van der Waals surface area contributed by atoms with E-state index in [-0.39, 0.29) is 0 Å². The first-order valence-electron chi connectivity index (χ1n) is 8.42. The summed E-state index contributed by atoms with van der Waals surface area (Å²) in [5, 5.41) is 3.53. The highest BCUT2D eigenvalue weighted by molar-refractivity contribution is 5.19. The number of hydrogen-bond donors (Lipinski definition) is 1. The Morgan fingerprint density at radius 3 is 2.29 bits per heavy atom. The quantitative estimate of drug-likeness (QED) is 0.832. The maximum Gasteiger partial charge on any atom is 0.0473 e. The molecule has 1 N–H and O–H groups in total. The number of piperazine rings is 1. The molecule has 118 valence electrons. The maximum absolute atomic E-state index is 3.53. The number of nitrogens with one attached hydrogen (secondary N) is 1. The number of nitrogens with zero attached hydrogens (tertiary/aromatic N) is 2. The molecule has 0 aromatic heterocycles. The SMILES string of the molecule is CCNCC(c1ccccc1)N1CCN(CC(C)C)CC1. The smallest absolute Gasteiger partial charge is 0.0473 e. The molecule has 0 bridgehead atoms. The second-order valence-electron chi connectivity index (χ2n) is 6.46. The zero-order valence-electron chi connectivity index (χ0n) is 13.9. The molecule has 1 atom stereocenters. The molecule has 1 aromatic rings. The van der Waals surface area contributed by atoms with Gasteiger partial charge < -0.3 is 10.2 Å². The average molecular weight is 289 g/mol. The van der Waals surface area contributed by atoms with E-state index in [1.165, 1.54) is 38.3 Å². The summed E-state index contributed by atoms with van der Waals surface area (Å²) >= 11 is 0. The van der Waals surface area contributed by atoms with Gasteiger partial charge in [-0.25, -0.2) is 0 Å². The topological polar surface area (TPSA) is 18.5 Å². The molecule has 1 aliphatic rings. The van der Waals surface area contributed by atoms with Crippen LogP contribution in [0.5, 0.6) is 0 Å². The van der Waals surface area contributed by atoms with Crippen molar-refractivity contribution in [1.29, 1.82) is 0 Å². The van der Waals surface area contributed by atoms with E-state index < -0.39 is 0 Å². The van der Waals surface area contributed by atoms with Crippen LogP contribution >= 0.6 is 0 Å². The van der Waals surface area contributed by atoms with Gasteiger partial charge in [0.05, 0.1) is 0 Å². The molecular weight excluding hydrogens is 258 g/mol. The van der Waals surface area contributed by atoms with Gasteiger partial charge in [0.15, 0.2) is 0 Å². The Bertz CT molecular complexity index is 383. The molecule has 1 aromatic carbocycles. The first kappa shape index (κ1) is 16.5. The molecule has 0 aliphatic carbocycles. The van der Waals surface area contributed by atoms with Crippen molar-refractivity contribution in [1.82, 2.24) is 15.1 Å². The predicted octanol–water partition coefficient (Wildman–Crippen LogP) is 2.61. The third kappa shape index (κ3) is 5.10. The zero-order valence-corrected chi connectivity index (χ0v) is 13.9. The fourth-order valence-electron chi connectivity index (χ4n) is 3.19. The van der Waals surface area contributed by atoms with Crippen molar-refractivity contribution in [3.05, 3.63) is 35.9 Å². The van der Waals surface area contributed by atoms with Crippen molar-refractivity contribution in [3.8, 4) is 0 Å². The number of rotatable bonds is 7. The van der Waals surface area contributed by atoms with Crippen LogP contribution in [0.15, 0.2) is 30.3 Å². The summed E-state index contributed by atoms with van der Waals surface area (Å²) in [4.78, 5) is 5.26. The van der Waals surface area contributed by atoms with E-state index in [0.29, 0.717) is 6.04 Å². The minimum Gasteiger partial charge on any atom is -0.315 e. The Labute approximate surface area is 130 Å². The van der Waals surface area contributed by atoms with Crippen LogP contribution < -0.4 is 5.32 Å². The summed E-state index contributed by atoms with van der Waals surface area (Å²) in [5.74, 6) is 0.767. The fraction of sp³-hybridized carbons (Fsp3) is 0.667. The van der Waals surface area contributed by atoms with Crippen LogP contribution in [0, 0.1) is 5.92 Å². The standard InChI is InChI=1S/C18H31N3/c1-4-19-14-18(17-8-6-5-7-9-17)21-12-10-20(11-13-21)15-16(2)3/h5-9,16,18-19H,4,10-15H2,1-3H3. The summed E-state index contributed by atoms with van der Waals surface area (Å²) in [6.45, 7) is 14.9. The summed E-state index contributed by atoms with van der Waals surface area (Å²) in [6, 6.07) is 11.5. The van der Waals surface area contributed by atoms with Crippen LogP contribution in [0.25, 0.3) is 0 Å². The molecule has 21 heavy (non-hydrogen) atoms. The monoisotopic (exact) mass is 289 g/mol. The number of likely N-dealkylation sites (N-methyl/N-ethyl adjacent to an activating group) is 1. The van der Waals surface area contributed by atoms with Crippen molar-refractivity contribution in [2.75, 3.05) is 45.8 Å². The van der Waals surface area contributed by atoms with Gasteiger partial charge >= 0.3 is 0 Å². The Hall–Kier alpha value is -0.900. The van der Waals surface area contributed by atoms with Crippen LogP contribution in [-0.2, 0) is 0 Å². The first-order valence-corrected chi connectivity index (χ1v) is 8.42. The summed E-state index contributed by atoms with van der Waals surface area (Å²) in [5.41, 5.74) is 1.44. The molecule has 1 fully saturated rings. The Morgan fingerprint density at radius 1 is 1.05 bits per heavy atom. The molecule has 1 heterocycles. The lowest BCUT2D eigenvalue weighted by molar-refractivity contribution is 0.0882. The minimum atomic E-state index is 0.507. The van der Waals surface area contributed by atoms with E-state index >= 15 is 0 Å². The highest BCUT2D eigenvalue weighted by Gasteiger charge is 2.24. The molecule has 3 heteroatoms. The molecule has 1 unspecified atom stereocenters. The normalized spacial score (nSPS) is 19.0. The lowest BCUT2D eigenvalue weighted by Gasteiger charge is -2.40. The molecule has 0 radical (unpaired) electrons. The lowest BCUT2D eigenvalue weighted by Crippen LogP contribution is -2.50. The van der Waals surface area contributed by atoms with Gasteiger partial charge in [-0.2, -0.15) is 0 Å². The van der Waals surface area contributed by atoms with E-state index in [0.717, 1.165) is 19.0 Å². The van der Waals surface area contributed by atoms with Gasteiger partial charge in [-0.1, -0.05) is 51.1 Å². The van der Waals surface area contributed by atoms with Crippen molar-refractivity contribution >= 4 is 0 Å². The number of benzene rings is 1. The van der Waals surface area contributed by atoms with Crippen molar-refractivity contribution in [2.45, 2.75) is 26.8 Å². The maximum atomic E-state index is 3.53. The third-order valence-corrected chi connectivity index (χ3v) is 4.24. The predicted molar refractivity (Wildman–Crippen MR) is 90.6 cm³/mol. The van der Waals surface area contributed by atoms with E-state index in [9.17, 15) is 0 Å². The van der Waals surface area contributed by atoms with Gasteiger partial charge in [0.2, 0.25) is 0 Å². The second kappa shape index (κ2) is 8.52. The number of hydrogen-bond acceptors (Lipinski definition) is 3. The van der Waals surface area contributed by atoms with Crippen molar-refractivity contribution < 1.29 is 0 Å². The van der Waals surface area contributed by atoms with E-state index in [4.69, 9.17) is 0 Å². The van der Waals surface area contributed by atoms with Crippen molar-refractivity contribution in [2.24, 2.45) is 5.92 Å². The van der Waals surface area contributed by atoms with Crippen molar-refractivity contribution in [3.63, 3.8) is 0 Å². The van der Waals surface area contributed by atoms with E-state index in [1.807, 2.05) is 0 Å². The second-order valence-corrected chi connectivity index (χ2v) is 6.46. The first-order chi connectivity index (χ1) is 10.2. The summed E-state index contributed by atoms with van der Waals surface area (Å²) < 4.78 is 0. The van der Waals surface area contributed by atoms with Crippen LogP contribution in [0.1, 0.15) is 32.4 Å². The largest absolute Gasteiger partial charge is 0.315 e. The molecule has 3 nitrogen and oxygen atoms in total. The van der Waals surface area contributed by atoms with Gasteiger partial charge in [-0.15, -0.1) is 0 Å². The molecule has 2 rings (SSSR count). The van der Waals surface area contributed by atoms with Gasteiger partial charge in [0, 0.05) is 45.3 Å². The fourth-order valence-corrected chi connectivity index (χ4v) is 3.19. The zero-order chi connectivity index (χ0) is 15.1. The van der Waals surface area contributed by atoms with Gasteiger partial charge in [-0.3, -0.25) is 4.90 Å². The summed E-state index contributed by atoms with van der Waals surface area (Å²) in [7, 11) is 0. The molecule has 0 spiro atoms. The van der Waals surface area contributed by atoms with Gasteiger partial charge in [-0.05, 0) is 18.0 Å². The Morgan fingerprint density at radius 2 is 1.71 bits per heavy atom. The molecular formula is C18H31N3. The average Bonchev–Trinajstić information content (AvgIpc) is 2.50. The molecule has 0 amide bonds. The van der Waals surface area contributed by atoms with Crippen LogP contribution in [0.2, 0.25) is 0 Å². The van der Waals surface area contributed by atoms with E-state index in [2.05, 4.69) is 66.2 Å². The molecule has 1 aliphatic heterocycles. The minimum absolute atomic E-state index is 0.507. The van der Waals surface area contributed by atoms with Crippen LogP contribution in [0.4, 0.5) is 0 Å². The van der Waals surface area contributed by atoms with E-state index in [1.54, 1.807) is 0 Å². The van der Waals surface area contributed by atoms with Crippen LogP contribution in [-0.4, -0.2) is 55.6 Å². The summed E-state index contributed by atoms with van der Waals surface area (Å²) in [6.07, 6.45) is 0. The third-order valence-electron chi connectivity index (χ3n) is 4.24. The van der Waals surface area contributed by atoms with Crippen LogP contribution in [0.3, 0.4) is 0 Å².